The Hall–Kier alpha value is -1.55. The first kappa shape index (κ1) is 10.6. The zero-order valence-corrected chi connectivity index (χ0v) is 9.63. The van der Waals surface area contributed by atoms with E-state index in [1.807, 2.05) is 23.1 Å². The van der Waals surface area contributed by atoms with Crippen molar-refractivity contribution in [2.75, 3.05) is 26.2 Å². The predicted octanol–water partition coefficient (Wildman–Crippen LogP) is 1.34. The average molecular weight is 232 g/mol. The molecular formula is C13H16N2O2. The first-order valence-corrected chi connectivity index (χ1v) is 6.05. The Morgan fingerprint density at radius 2 is 1.82 bits per heavy atom. The van der Waals surface area contributed by atoms with E-state index >= 15 is 0 Å². The quantitative estimate of drug-likeness (QED) is 0.794. The summed E-state index contributed by atoms with van der Waals surface area (Å²) in [5, 5.41) is 3.35. The van der Waals surface area contributed by atoms with Gasteiger partial charge in [0.25, 0.3) is 0 Å². The molecule has 2 heterocycles. The van der Waals surface area contributed by atoms with Gasteiger partial charge >= 0.3 is 6.09 Å². The monoisotopic (exact) mass is 232 g/mol. The summed E-state index contributed by atoms with van der Waals surface area (Å²) in [4.78, 5) is 13.8. The number of nitrogens with one attached hydrogen (secondary N) is 1. The number of para-hydroxylation sites is 1. The first-order chi connectivity index (χ1) is 8.33. The maximum absolute atomic E-state index is 11.9. The molecule has 2 saturated heterocycles. The molecular weight excluding hydrogens is 216 g/mol. The number of ether oxygens (including phenoxy) is 1. The molecule has 1 N–H and O–H groups in total. The maximum Gasteiger partial charge on any atom is 0.415 e. The van der Waals surface area contributed by atoms with Crippen molar-refractivity contribution in [2.24, 2.45) is 11.8 Å². The lowest BCUT2D eigenvalue weighted by atomic mass is 10.0. The predicted molar refractivity (Wildman–Crippen MR) is 63.9 cm³/mol. The van der Waals surface area contributed by atoms with Gasteiger partial charge in [0, 0.05) is 26.2 Å². The fourth-order valence-electron chi connectivity index (χ4n) is 2.66. The van der Waals surface area contributed by atoms with Gasteiger partial charge in [-0.25, -0.2) is 4.79 Å². The second-order valence-corrected chi connectivity index (χ2v) is 4.76. The average Bonchev–Trinajstić information content (AvgIpc) is 2.90. The minimum atomic E-state index is -0.217. The van der Waals surface area contributed by atoms with E-state index < -0.39 is 0 Å². The highest BCUT2D eigenvalue weighted by Crippen LogP contribution is 2.26. The molecule has 4 nitrogen and oxygen atoms in total. The first-order valence-electron chi connectivity index (χ1n) is 6.05. The Morgan fingerprint density at radius 3 is 2.47 bits per heavy atom. The largest absolute Gasteiger partial charge is 0.415 e. The third kappa shape index (κ3) is 2.13. The van der Waals surface area contributed by atoms with E-state index in [1.54, 1.807) is 12.1 Å². The summed E-state index contributed by atoms with van der Waals surface area (Å²) in [5.41, 5.74) is 0. The molecule has 2 aliphatic rings. The van der Waals surface area contributed by atoms with Crippen LogP contribution in [0.4, 0.5) is 4.79 Å². The molecule has 1 aromatic carbocycles. The van der Waals surface area contributed by atoms with E-state index in [0.29, 0.717) is 17.6 Å². The van der Waals surface area contributed by atoms with Gasteiger partial charge in [0.15, 0.2) is 0 Å². The number of carbonyl (C=O) groups is 1. The Bertz CT molecular complexity index is 395. The summed E-state index contributed by atoms with van der Waals surface area (Å²) in [6.07, 6.45) is -0.217. The van der Waals surface area contributed by atoms with E-state index in [9.17, 15) is 4.79 Å². The fraction of sp³-hybridized carbons (Fsp3) is 0.462. The van der Waals surface area contributed by atoms with Crippen LogP contribution in [-0.2, 0) is 0 Å². The topological polar surface area (TPSA) is 41.6 Å². The number of carbonyl (C=O) groups excluding carboxylic acids is 1. The van der Waals surface area contributed by atoms with Crippen molar-refractivity contribution >= 4 is 6.09 Å². The molecule has 1 aromatic rings. The van der Waals surface area contributed by atoms with Crippen molar-refractivity contribution in [3.8, 4) is 5.75 Å². The highest BCUT2D eigenvalue weighted by atomic mass is 16.6. The minimum Gasteiger partial charge on any atom is -0.410 e. The third-order valence-electron chi connectivity index (χ3n) is 3.60. The Kier molecular flexibility index (Phi) is 2.73. The van der Waals surface area contributed by atoms with Crippen molar-refractivity contribution in [2.45, 2.75) is 0 Å². The van der Waals surface area contributed by atoms with E-state index in [0.717, 1.165) is 26.2 Å². The number of nitrogens with zero attached hydrogens (tertiary/aromatic N) is 1. The number of benzene rings is 1. The van der Waals surface area contributed by atoms with Gasteiger partial charge in [0.1, 0.15) is 5.75 Å². The molecule has 1 amide bonds. The molecule has 0 radical (unpaired) electrons. The molecule has 4 heteroatoms. The van der Waals surface area contributed by atoms with Crippen LogP contribution in [0.5, 0.6) is 5.75 Å². The lowest BCUT2D eigenvalue weighted by Crippen LogP contribution is -2.34. The van der Waals surface area contributed by atoms with Crippen LogP contribution >= 0.6 is 0 Å². The molecule has 0 unspecified atom stereocenters. The third-order valence-corrected chi connectivity index (χ3v) is 3.60. The molecule has 0 saturated carbocycles. The standard InChI is InChI=1S/C13H16N2O2/c16-13(17-12-4-2-1-3-5-12)15-8-10-6-14-7-11(10)9-15/h1-5,10-11,14H,6-9H2/t10-,11-/m1/s1. The molecule has 0 aromatic heterocycles. The molecule has 90 valence electrons. The van der Waals surface area contributed by atoms with Gasteiger partial charge in [-0.1, -0.05) is 18.2 Å². The Balaban J connectivity index is 1.61. The van der Waals surface area contributed by atoms with Gasteiger partial charge in [-0.3, -0.25) is 0 Å². The second-order valence-electron chi connectivity index (χ2n) is 4.76. The summed E-state index contributed by atoms with van der Waals surface area (Å²) in [5.74, 6) is 1.84. The van der Waals surface area contributed by atoms with Crippen molar-refractivity contribution in [1.29, 1.82) is 0 Å². The van der Waals surface area contributed by atoms with Gasteiger partial charge in [-0.05, 0) is 24.0 Å². The SMILES string of the molecule is O=C(Oc1ccccc1)N1C[C@H]2CNC[C@@H]2C1. The van der Waals surface area contributed by atoms with Gasteiger partial charge in [0.05, 0.1) is 0 Å². The zero-order valence-electron chi connectivity index (χ0n) is 9.63. The van der Waals surface area contributed by atoms with E-state index in [1.165, 1.54) is 0 Å². The molecule has 0 spiro atoms. The van der Waals surface area contributed by atoms with E-state index in [-0.39, 0.29) is 6.09 Å². The van der Waals surface area contributed by atoms with Crippen LogP contribution in [0.25, 0.3) is 0 Å². The van der Waals surface area contributed by atoms with Crippen molar-refractivity contribution in [3.05, 3.63) is 30.3 Å². The summed E-state index contributed by atoms with van der Waals surface area (Å²) in [6.45, 7) is 3.70. The van der Waals surface area contributed by atoms with Crippen LogP contribution in [-0.4, -0.2) is 37.2 Å². The maximum atomic E-state index is 11.9. The van der Waals surface area contributed by atoms with Crippen molar-refractivity contribution in [3.63, 3.8) is 0 Å². The van der Waals surface area contributed by atoms with Gasteiger partial charge in [-0.2, -0.15) is 0 Å². The minimum absolute atomic E-state index is 0.217. The zero-order chi connectivity index (χ0) is 11.7. The Morgan fingerprint density at radius 1 is 1.18 bits per heavy atom. The number of fused-ring (bicyclic) bond motifs is 1. The van der Waals surface area contributed by atoms with Crippen LogP contribution < -0.4 is 10.1 Å². The summed E-state index contributed by atoms with van der Waals surface area (Å²) in [7, 11) is 0. The van der Waals surface area contributed by atoms with Crippen LogP contribution in [0.3, 0.4) is 0 Å². The fourth-order valence-corrected chi connectivity index (χ4v) is 2.66. The lowest BCUT2D eigenvalue weighted by molar-refractivity contribution is 0.159. The number of amides is 1. The summed E-state index contributed by atoms with van der Waals surface area (Å²) < 4.78 is 5.33. The van der Waals surface area contributed by atoms with Gasteiger partial charge in [0.2, 0.25) is 0 Å². The Labute approximate surface area is 101 Å². The smallest absolute Gasteiger partial charge is 0.410 e. The summed E-state index contributed by atoms with van der Waals surface area (Å²) in [6, 6.07) is 9.24. The van der Waals surface area contributed by atoms with Crippen LogP contribution in [0.15, 0.2) is 30.3 Å². The second kappa shape index (κ2) is 4.37. The lowest BCUT2D eigenvalue weighted by Gasteiger charge is -2.16. The molecule has 2 atom stereocenters. The molecule has 0 bridgehead atoms. The highest BCUT2D eigenvalue weighted by molar-refractivity contribution is 5.71. The molecule has 0 aliphatic carbocycles. The van der Waals surface area contributed by atoms with Crippen molar-refractivity contribution < 1.29 is 9.53 Å². The van der Waals surface area contributed by atoms with Crippen LogP contribution in [0, 0.1) is 11.8 Å². The number of likely N-dealkylation sites (tertiary alicyclic amines) is 1. The van der Waals surface area contributed by atoms with E-state index in [2.05, 4.69) is 5.32 Å². The van der Waals surface area contributed by atoms with Crippen molar-refractivity contribution in [1.82, 2.24) is 10.2 Å². The van der Waals surface area contributed by atoms with Crippen LogP contribution in [0.2, 0.25) is 0 Å². The van der Waals surface area contributed by atoms with Gasteiger partial charge < -0.3 is 15.0 Å². The number of rotatable bonds is 1. The molecule has 2 aliphatic heterocycles. The number of hydrogen-bond acceptors (Lipinski definition) is 3. The molecule has 3 rings (SSSR count). The van der Waals surface area contributed by atoms with E-state index in [4.69, 9.17) is 4.74 Å². The van der Waals surface area contributed by atoms with Crippen LogP contribution in [0.1, 0.15) is 0 Å². The normalized spacial score (nSPS) is 26.9. The van der Waals surface area contributed by atoms with Gasteiger partial charge in [-0.15, -0.1) is 0 Å². The molecule has 17 heavy (non-hydrogen) atoms. The highest BCUT2D eigenvalue weighted by Gasteiger charge is 2.38. The summed E-state index contributed by atoms with van der Waals surface area (Å²) >= 11 is 0. The number of hydrogen-bond donors (Lipinski definition) is 1. The molecule has 2 fully saturated rings.